The zero-order valence-corrected chi connectivity index (χ0v) is 17.3. The molecule has 0 bridgehead atoms. The Morgan fingerprint density at radius 1 is 1.28 bits per heavy atom. The first-order chi connectivity index (χ1) is 13.7. The fourth-order valence-electron chi connectivity index (χ4n) is 3.06. The van der Waals surface area contributed by atoms with E-state index in [0.29, 0.717) is 12.1 Å². The van der Waals surface area contributed by atoms with Gasteiger partial charge in [0.2, 0.25) is 15.8 Å². The van der Waals surface area contributed by atoms with Gasteiger partial charge in [-0.25, -0.2) is 17.9 Å². The van der Waals surface area contributed by atoms with E-state index in [1.807, 2.05) is 18.4 Å². The minimum atomic E-state index is -3.68. The minimum absolute atomic E-state index is 0.00172. The van der Waals surface area contributed by atoms with Crippen LogP contribution in [-0.4, -0.2) is 37.4 Å². The van der Waals surface area contributed by atoms with Gasteiger partial charge in [0.1, 0.15) is 0 Å². The van der Waals surface area contributed by atoms with Crippen molar-refractivity contribution in [3.8, 4) is 0 Å². The highest BCUT2D eigenvalue weighted by atomic mass is 32.2. The van der Waals surface area contributed by atoms with E-state index in [-0.39, 0.29) is 22.3 Å². The highest BCUT2D eigenvalue weighted by molar-refractivity contribution is 7.89. The van der Waals surface area contributed by atoms with Gasteiger partial charge >= 0.3 is 5.97 Å². The van der Waals surface area contributed by atoms with Gasteiger partial charge in [-0.3, -0.25) is 4.79 Å². The molecule has 1 heterocycles. The second kappa shape index (κ2) is 8.34. The lowest BCUT2D eigenvalue weighted by Gasteiger charge is -2.08. The van der Waals surface area contributed by atoms with Crippen LogP contribution in [0.5, 0.6) is 0 Å². The molecule has 7 nitrogen and oxygen atoms in total. The van der Waals surface area contributed by atoms with Gasteiger partial charge in [-0.2, -0.15) is 0 Å². The smallest absolute Gasteiger partial charge is 0.338 e. The fraction of sp³-hybridized carbons (Fsp3) is 0.333. The van der Waals surface area contributed by atoms with Gasteiger partial charge in [-0.05, 0) is 51.0 Å². The maximum Gasteiger partial charge on any atom is 0.338 e. The molecule has 8 heteroatoms. The maximum absolute atomic E-state index is 12.5. The van der Waals surface area contributed by atoms with Crippen molar-refractivity contribution in [1.29, 1.82) is 0 Å². The van der Waals surface area contributed by atoms with E-state index in [1.165, 1.54) is 24.3 Å². The second-order valence-electron chi connectivity index (χ2n) is 7.11. The number of carbonyl (C=O) groups is 2. The summed E-state index contributed by atoms with van der Waals surface area (Å²) in [5.41, 5.74) is 2.26. The average Bonchev–Trinajstić information content (AvgIpc) is 3.45. The number of esters is 1. The van der Waals surface area contributed by atoms with Crippen molar-refractivity contribution in [1.82, 2.24) is 9.29 Å². The van der Waals surface area contributed by atoms with Crippen molar-refractivity contribution in [2.75, 3.05) is 6.61 Å². The molecule has 0 spiro atoms. The Morgan fingerprint density at radius 2 is 2.00 bits per heavy atom. The number of sulfonamides is 1. The van der Waals surface area contributed by atoms with Crippen molar-refractivity contribution in [2.24, 2.45) is 0 Å². The lowest BCUT2D eigenvalue weighted by molar-refractivity contribution is 0.0474. The van der Waals surface area contributed by atoms with Crippen molar-refractivity contribution >= 4 is 21.8 Å². The third kappa shape index (κ3) is 4.83. The summed E-state index contributed by atoms with van der Waals surface area (Å²) < 4.78 is 34.3. The van der Waals surface area contributed by atoms with Crippen LogP contribution in [0.15, 0.2) is 47.9 Å². The Kier molecular flexibility index (Phi) is 6.04. The summed E-state index contributed by atoms with van der Waals surface area (Å²) in [4.78, 5) is 24.8. The van der Waals surface area contributed by atoms with Crippen LogP contribution in [-0.2, 0) is 21.3 Å². The van der Waals surface area contributed by atoms with Crippen molar-refractivity contribution < 1.29 is 22.7 Å². The molecule has 1 N–H and O–H groups in total. The van der Waals surface area contributed by atoms with Gasteiger partial charge in [0.15, 0.2) is 6.61 Å². The van der Waals surface area contributed by atoms with Crippen molar-refractivity contribution in [3.63, 3.8) is 0 Å². The quantitative estimate of drug-likeness (QED) is 0.385. The van der Waals surface area contributed by atoms with E-state index < -0.39 is 22.6 Å². The summed E-state index contributed by atoms with van der Waals surface area (Å²) in [6, 6.07) is 7.33. The lowest BCUT2D eigenvalue weighted by atomic mass is 10.1. The molecule has 1 aliphatic carbocycles. The largest absolute Gasteiger partial charge is 0.454 e. The number of aromatic nitrogens is 1. The molecule has 0 saturated heterocycles. The Labute approximate surface area is 170 Å². The predicted molar refractivity (Wildman–Crippen MR) is 109 cm³/mol. The number of benzene rings is 1. The van der Waals surface area contributed by atoms with Crippen LogP contribution in [0, 0.1) is 13.8 Å². The number of aryl methyl sites for hydroxylation is 1. The van der Waals surface area contributed by atoms with Crippen molar-refractivity contribution in [3.05, 3.63) is 65.5 Å². The third-order valence-corrected chi connectivity index (χ3v) is 6.32. The SMILES string of the molecule is C=CCn1c(C)cc(C(=O)COC(=O)c2cccc(S(=O)(=O)NC3CC3)c2)c1C. The highest BCUT2D eigenvalue weighted by Crippen LogP contribution is 2.22. The molecule has 29 heavy (non-hydrogen) atoms. The van der Waals surface area contributed by atoms with Crippen LogP contribution < -0.4 is 4.72 Å². The first-order valence-corrected chi connectivity index (χ1v) is 10.8. The van der Waals surface area contributed by atoms with Crippen LogP contribution in [0.4, 0.5) is 0 Å². The number of rotatable bonds is 9. The first kappa shape index (κ1) is 21.0. The molecule has 3 rings (SSSR count). The third-order valence-electron chi connectivity index (χ3n) is 4.80. The number of nitrogens with one attached hydrogen (secondary N) is 1. The molecule has 1 aliphatic rings. The zero-order chi connectivity index (χ0) is 21.2. The molecule has 1 aromatic heterocycles. The molecular weight excluding hydrogens is 392 g/mol. The monoisotopic (exact) mass is 416 g/mol. The van der Waals surface area contributed by atoms with E-state index in [1.54, 1.807) is 12.1 Å². The van der Waals surface area contributed by atoms with Crippen LogP contribution in [0.3, 0.4) is 0 Å². The predicted octanol–water partition coefficient (Wildman–Crippen LogP) is 2.77. The molecule has 2 aromatic rings. The number of allylic oxidation sites excluding steroid dienone is 1. The second-order valence-corrected chi connectivity index (χ2v) is 8.82. The van der Waals surface area contributed by atoms with Gasteiger partial charge in [-0.15, -0.1) is 6.58 Å². The van der Waals surface area contributed by atoms with Gasteiger partial charge in [0.25, 0.3) is 0 Å². The number of hydrogen-bond donors (Lipinski definition) is 1. The molecule has 0 aliphatic heterocycles. The molecular formula is C21H24N2O5S. The molecule has 1 fully saturated rings. The Bertz CT molecular complexity index is 1060. The number of hydrogen-bond acceptors (Lipinski definition) is 5. The van der Waals surface area contributed by atoms with Gasteiger partial charge in [0, 0.05) is 29.5 Å². The van der Waals surface area contributed by atoms with Crippen LogP contribution >= 0.6 is 0 Å². The molecule has 1 aromatic carbocycles. The van der Waals surface area contributed by atoms with Crippen LogP contribution in [0.25, 0.3) is 0 Å². The van der Waals surface area contributed by atoms with Gasteiger partial charge in [-0.1, -0.05) is 12.1 Å². The highest BCUT2D eigenvalue weighted by Gasteiger charge is 2.28. The van der Waals surface area contributed by atoms with E-state index in [9.17, 15) is 18.0 Å². The Hall–Kier alpha value is -2.71. The lowest BCUT2D eigenvalue weighted by Crippen LogP contribution is -2.26. The first-order valence-electron chi connectivity index (χ1n) is 9.33. The number of Topliss-reactive ketones (excluding diaryl/α,β-unsaturated/α-hetero) is 1. The van der Waals surface area contributed by atoms with Gasteiger partial charge in [0.05, 0.1) is 10.5 Å². The Balaban J connectivity index is 1.68. The number of ketones is 1. The standard InChI is InChI=1S/C21H24N2O5S/c1-4-10-23-14(2)11-19(15(23)3)20(24)13-28-21(25)16-6-5-7-18(12-16)29(26,27)22-17-8-9-17/h4-7,11-12,17,22H,1,8-10,13H2,2-3H3. The maximum atomic E-state index is 12.5. The number of ether oxygens (including phenoxy) is 1. The minimum Gasteiger partial charge on any atom is -0.454 e. The number of carbonyl (C=O) groups excluding carboxylic acids is 2. The van der Waals surface area contributed by atoms with Crippen LogP contribution in [0.2, 0.25) is 0 Å². The van der Waals surface area contributed by atoms with Gasteiger partial charge < -0.3 is 9.30 Å². The summed E-state index contributed by atoms with van der Waals surface area (Å²) in [5.74, 6) is -1.07. The molecule has 1 saturated carbocycles. The normalized spacial score (nSPS) is 13.9. The summed E-state index contributed by atoms with van der Waals surface area (Å²) in [6.45, 7) is 7.58. The van der Waals surface area contributed by atoms with E-state index in [2.05, 4.69) is 11.3 Å². The van der Waals surface area contributed by atoms with E-state index in [0.717, 1.165) is 24.2 Å². The summed E-state index contributed by atoms with van der Waals surface area (Å²) in [5, 5.41) is 0. The Morgan fingerprint density at radius 3 is 2.66 bits per heavy atom. The molecule has 0 radical (unpaired) electrons. The average molecular weight is 416 g/mol. The molecule has 0 atom stereocenters. The fourth-order valence-corrected chi connectivity index (χ4v) is 4.41. The molecule has 154 valence electrons. The van der Waals surface area contributed by atoms with Crippen molar-refractivity contribution in [2.45, 2.75) is 44.2 Å². The number of nitrogens with zero attached hydrogens (tertiary/aromatic N) is 1. The summed E-state index contributed by atoms with van der Waals surface area (Å²) >= 11 is 0. The van der Waals surface area contributed by atoms with E-state index in [4.69, 9.17) is 4.74 Å². The summed E-state index contributed by atoms with van der Waals surface area (Å²) in [6.07, 6.45) is 3.38. The van der Waals surface area contributed by atoms with Crippen LogP contribution in [0.1, 0.15) is 44.9 Å². The van der Waals surface area contributed by atoms with E-state index >= 15 is 0 Å². The molecule has 0 amide bonds. The zero-order valence-electron chi connectivity index (χ0n) is 16.5. The molecule has 0 unspecified atom stereocenters. The summed E-state index contributed by atoms with van der Waals surface area (Å²) in [7, 11) is -3.68. The topological polar surface area (TPSA) is 94.5 Å².